The molecule has 0 saturated heterocycles. The van der Waals surface area contributed by atoms with Crippen LogP contribution in [0, 0.1) is 11.3 Å². The summed E-state index contributed by atoms with van der Waals surface area (Å²) in [5.41, 5.74) is 3.51. The van der Waals surface area contributed by atoms with Gasteiger partial charge in [-0.25, -0.2) is 4.79 Å². The minimum absolute atomic E-state index is 0.0586. The van der Waals surface area contributed by atoms with Crippen molar-refractivity contribution >= 4 is 22.8 Å². The Morgan fingerprint density at radius 1 is 1.28 bits per heavy atom. The summed E-state index contributed by atoms with van der Waals surface area (Å²) in [7, 11) is 0. The highest BCUT2D eigenvalue weighted by molar-refractivity contribution is 6.05. The van der Waals surface area contributed by atoms with Gasteiger partial charge in [-0.1, -0.05) is 45.9 Å². The first kappa shape index (κ1) is 21.3. The number of rotatable bonds is 5. The van der Waals surface area contributed by atoms with E-state index in [9.17, 15) is 9.59 Å². The number of aromatic nitrogens is 1. The summed E-state index contributed by atoms with van der Waals surface area (Å²) in [6, 6.07) is 7.74. The Balaban J connectivity index is 1.93. The Morgan fingerprint density at radius 2 is 2.00 bits per heavy atom. The molecule has 0 radical (unpaired) electrons. The van der Waals surface area contributed by atoms with E-state index in [1.807, 2.05) is 38.1 Å². The minimum atomic E-state index is -0.436. The largest absolute Gasteiger partial charge is 0.452 e. The molecular formula is C24H32N2O3. The van der Waals surface area contributed by atoms with Crippen molar-refractivity contribution in [3.8, 4) is 0 Å². The number of hydrogen-bond acceptors (Lipinski definition) is 4. The van der Waals surface area contributed by atoms with E-state index in [4.69, 9.17) is 9.72 Å². The van der Waals surface area contributed by atoms with Crippen molar-refractivity contribution in [2.75, 3.05) is 6.61 Å². The van der Waals surface area contributed by atoms with E-state index < -0.39 is 5.97 Å². The monoisotopic (exact) mass is 396 g/mol. The second kappa shape index (κ2) is 8.52. The summed E-state index contributed by atoms with van der Waals surface area (Å²) in [5.74, 6) is -0.237. The van der Waals surface area contributed by atoms with Gasteiger partial charge < -0.3 is 10.1 Å². The van der Waals surface area contributed by atoms with Gasteiger partial charge in [0.05, 0.1) is 11.1 Å². The van der Waals surface area contributed by atoms with E-state index in [-0.39, 0.29) is 24.0 Å². The van der Waals surface area contributed by atoms with Crippen LogP contribution in [0.4, 0.5) is 0 Å². The number of carbonyl (C=O) groups excluding carboxylic acids is 2. The standard InChI is InChI=1S/C24H32N2O3/c1-6-15(2)25-21(27)14-29-23(28)22-17-9-7-8-10-19(17)26-20-12-11-16(13-18(20)22)24(3,4)5/h7-10,15-16H,6,11-14H2,1-5H3,(H,25,27)/t15-,16-/m1/s1. The second-order valence-electron chi connectivity index (χ2n) is 9.19. The van der Waals surface area contributed by atoms with Gasteiger partial charge in [-0.05, 0) is 55.6 Å². The van der Waals surface area contributed by atoms with Gasteiger partial charge in [-0.2, -0.15) is 0 Å². The second-order valence-corrected chi connectivity index (χ2v) is 9.19. The first-order valence-corrected chi connectivity index (χ1v) is 10.6. The van der Waals surface area contributed by atoms with Crippen LogP contribution < -0.4 is 5.32 Å². The van der Waals surface area contributed by atoms with E-state index in [0.29, 0.717) is 11.5 Å². The molecule has 0 saturated carbocycles. The Hall–Kier alpha value is -2.43. The molecule has 29 heavy (non-hydrogen) atoms. The third-order valence-corrected chi connectivity index (χ3v) is 6.04. The fraction of sp³-hybridized carbons (Fsp3) is 0.542. The summed E-state index contributed by atoms with van der Waals surface area (Å²) in [4.78, 5) is 30.0. The van der Waals surface area contributed by atoms with E-state index in [1.165, 1.54) is 0 Å². The molecule has 1 amide bonds. The van der Waals surface area contributed by atoms with Crippen LogP contribution in [0.25, 0.3) is 10.9 Å². The topological polar surface area (TPSA) is 68.3 Å². The molecule has 156 valence electrons. The van der Waals surface area contributed by atoms with Gasteiger partial charge in [-0.3, -0.25) is 9.78 Å². The molecule has 1 heterocycles. The van der Waals surface area contributed by atoms with Crippen LogP contribution in [0.15, 0.2) is 24.3 Å². The number of para-hydroxylation sites is 1. The molecule has 0 spiro atoms. The summed E-state index contributed by atoms with van der Waals surface area (Å²) in [6.07, 6.45) is 3.56. The quantitative estimate of drug-likeness (QED) is 0.758. The summed E-state index contributed by atoms with van der Waals surface area (Å²) in [5, 5.41) is 3.63. The lowest BCUT2D eigenvalue weighted by molar-refractivity contribution is -0.124. The van der Waals surface area contributed by atoms with Crippen LogP contribution in [0.5, 0.6) is 0 Å². The molecule has 0 aliphatic heterocycles. The Labute approximate surface area is 173 Å². The summed E-state index contributed by atoms with van der Waals surface area (Å²) in [6.45, 7) is 10.4. The summed E-state index contributed by atoms with van der Waals surface area (Å²) >= 11 is 0. The van der Waals surface area contributed by atoms with Crippen molar-refractivity contribution in [1.29, 1.82) is 0 Å². The molecule has 1 aliphatic rings. The zero-order valence-electron chi connectivity index (χ0n) is 18.2. The lowest BCUT2D eigenvalue weighted by Crippen LogP contribution is -2.35. The molecule has 0 fully saturated rings. The molecule has 5 heteroatoms. The van der Waals surface area contributed by atoms with Crippen molar-refractivity contribution in [3.05, 3.63) is 41.1 Å². The Bertz CT molecular complexity index is 914. The lowest BCUT2D eigenvalue weighted by atomic mass is 9.70. The van der Waals surface area contributed by atoms with Crippen molar-refractivity contribution in [2.24, 2.45) is 11.3 Å². The van der Waals surface area contributed by atoms with Gasteiger partial charge in [0.2, 0.25) is 0 Å². The number of esters is 1. The molecule has 1 N–H and O–H groups in total. The Morgan fingerprint density at radius 3 is 2.69 bits per heavy atom. The smallest absolute Gasteiger partial charge is 0.339 e. The molecule has 3 rings (SSSR count). The van der Waals surface area contributed by atoms with Crippen LogP contribution in [0.3, 0.4) is 0 Å². The molecular weight excluding hydrogens is 364 g/mol. The fourth-order valence-electron chi connectivity index (χ4n) is 3.98. The first-order valence-electron chi connectivity index (χ1n) is 10.6. The molecule has 0 bridgehead atoms. The highest BCUT2D eigenvalue weighted by atomic mass is 16.5. The van der Waals surface area contributed by atoms with Crippen LogP contribution in [0.2, 0.25) is 0 Å². The van der Waals surface area contributed by atoms with Gasteiger partial charge in [0.15, 0.2) is 6.61 Å². The molecule has 0 unspecified atom stereocenters. The number of fused-ring (bicyclic) bond motifs is 2. The van der Waals surface area contributed by atoms with Crippen LogP contribution in [-0.4, -0.2) is 29.5 Å². The van der Waals surface area contributed by atoms with Gasteiger partial charge in [0.1, 0.15) is 0 Å². The van der Waals surface area contributed by atoms with Crippen molar-refractivity contribution < 1.29 is 14.3 Å². The average molecular weight is 397 g/mol. The number of aryl methyl sites for hydroxylation is 1. The zero-order valence-corrected chi connectivity index (χ0v) is 18.2. The fourth-order valence-corrected chi connectivity index (χ4v) is 3.98. The SMILES string of the molecule is CC[C@@H](C)NC(=O)COC(=O)c1c2c(nc3ccccc13)CC[C@@H](C(C)(C)C)C2. The van der Waals surface area contributed by atoms with Gasteiger partial charge in [0.25, 0.3) is 5.91 Å². The number of amides is 1. The van der Waals surface area contributed by atoms with Gasteiger partial charge >= 0.3 is 5.97 Å². The number of nitrogens with one attached hydrogen (secondary N) is 1. The van der Waals surface area contributed by atoms with Crippen molar-refractivity contribution in [3.63, 3.8) is 0 Å². The zero-order chi connectivity index (χ0) is 21.2. The maximum atomic E-state index is 13.1. The van der Waals surface area contributed by atoms with E-state index in [1.54, 1.807) is 0 Å². The van der Waals surface area contributed by atoms with Crippen LogP contribution in [-0.2, 0) is 22.4 Å². The minimum Gasteiger partial charge on any atom is -0.452 e. The third kappa shape index (κ3) is 4.77. The van der Waals surface area contributed by atoms with Gasteiger partial charge in [0, 0.05) is 17.1 Å². The van der Waals surface area contributed by atoms with Crippen LogP contribution >= 0.6 is 0 Å². The number of carbonyl (C=O) groups is 2. The highest BCUT2D eigenvalue weighted by Gasteiger charge is 2.33. The molecule has 2 aromatic rings. The van der Waals surface area contributed by atoms with E-state index in [2.05, 4.69) is 26.1 Å². The van der Waals surface area contributed by atoms with Crippen molar-refractivity contribution in [1.82, 2.24) is 10.3 Å². The molecule has 2 atom stereocenters. The number of pyridine rings is 1. The lowest BCUT2D eigenvalue weighted by Gasteiger charge is -2.35. The van der Waals surface area contributed by atoms with Crippen LogP contribution in [0.1, 0.15) is 69.1 Å². The Kier molecular flexibility index (Phi) is 6.25. The van der Waals surface area contributed by atoms with Crippen molar-refractivity contribution in [2.45, 2.75) is 66.3 Å². The van der Waals surface area contributed by atoms with E-state index >= 15 is 0 Å². The average Bonchev–Trinajstić information content (AvgIpc) is 2.68. The first-order chi connectivity index (χ1) is 13.7. The number of benzene rings is 1. The predicted octanol–water partition coefficient (Wildman–Crippen LogP) is 4.46. The molecule has 5 nitrogen and oxygen atoms in total. The number of hydrogen-bond donors (Lipinski definition) is 1. The number of ether oxygens (including phenoxy) is 1. The number of nitrogens with zero attached hydrogens (tertiary/aromatic N) is 1. The molecule has 1 aliphatic carbocycles. The molecule has 1 aromatic heterocycles. The van der Waals surface area contributed by atoms with E-state index in [0.717, 1.165) is 47.8 Å². The summed E-state index contributed by atoms with van der Waals surface area (Å²) < 4.78 is 5.45. The maximum Gasteiger partial charge on any atom is 0.339 e. The predicted molar refractivity (Wildman–Crippen MR) is 115 cm³/mol. The molecule has 1 aromatic carbocycles. The maximum absolute atomic E-state index is 13.1. The van der Waals surface area contributed by atoms with Gasteiger partial charge in [-0.15, -0.1) is 0 Å². The third-order valence-electron chi connectivity index (χ3n) is 6.04. The highest BCUT2D eigenvalue weighted by Crippen LogP contribution is 2.39. The normalized spacial score (nSPS) is 17.5.